The van der Waals surface area contributed by atoms with Crippen LogP contribution >= 0.6 is 23.2 Å². The predicted octanol–water partition coefficient (Wildman–Crippen LogP) is 6.54. The van der Waals surface area contributed by atoms with Crippen molar-refractivity contribution in [2.24, 2.45) is 17.8 Å². The highest BCUT2D eigenvalue weighted by Crippen LogP contribution is 2.50. The molecule has 9 heteroatoms. The number of hydrogen-bond donors (Lipinski definition) is 1. The van der Waals surface area contributed by atoms with Gasteiger partial charge in [0.25, 0.3) is 0 Å². The first-order chi connectivity index (χ1) is 16.2. The summed E-state index contributed by atoms with van der Waals surface area (Å²) in [5.74, 6) is 1.18. The van der Waals surface area contributed by atoms with Crippen molar-refractivity contribution in [2.45, 2.75) is 70.8 Å². The number of carbonyl (C=O) groups excluding carboxylic acids is 1. The number of halogens is 2. The molecule has 1 saturated carbocycles. The maximum absolute atomic E-state index is 13.3. The molecule has 0 aromatic heterocycles. The van der Waals surface area contributed by atoms with Crippen LogP contribution in [0.4, 0.5) is 4.79 Å². The number of ether oxygens (including phenoxy) is 2. The number of likely N-dealkylation sites (tertiary alicyclic amines) is 1. The highest BCUT2D eigenvalue weighted by atomic mass is 35.5. The van der Waals surface area contributed by atoms with Crippen LogP contribution in [0.2, 0.25) is 10.0 Å². The fraction of sp³-hybridized carbons (Fsp3) is 0.654. The zero-order valence-corrected chi connectivity index (χ0v) is 23.9. The Kier molecular flexibility index (Phi) is 8.89. The fourth-order valence-corrected chi connectivity index (χ4v) is 6.18. The summed E-state index contributed by atoms with van der Waals surface area (Å²) in [7, 11) is -1.34. The van der Waals surface area contributed by atoms with E-state index in [-0.39, 0.29) is 29.9 Å². The van der Waals surface area contributed by atoms with Crippen LogP contribution in [0.25, 0.3) is 0 Å². The van der Waals surface area contributed by atoms with Crippen LogP contribution in [-0.4, -0.2) is 45.2 Å². The van der Waals surface area contributed by atoms with Crippen molar-refractivity contribution in [2.75, 3.05) is 19.7 Å². The Labute approximate surface area is 222 Å². The van der Waals surface area contributed by atoms with E-state index < -0.39 is 21.3 Å². The van der Waals surface area contributed by atoms with Crippen LogP contribution in [0.3, 0.4) is 0 Å². The predicted molar refractivity (Wildman–Crippen MR) is 143 cm³/mol. The lowest BCUT2D eigenvalue weighted by atomic mass is 9.77. The van der Waals surface area contributed by atoms with E-state index in [2.05, 4.69) is 11.3 Å². The standard InChI is InChI=1S/C26H38Cl2N2O4S/c1-8-11-33-21-13-20(28)19(27)12-18(21)23(29-35(32)26(5,6)7)22-16-9-10-17(22)15-30(14-16)24(31)34-25(2,3)4/h8,12-13,16-17,22-23,29H,1,9-11,14-15H2,2-7H3. The fourth-order valence-electron chi connectivity index (χ4n) is 4.99. The van der Waals surface area contributed by atoms with Crippen LogP contribution in [0.1, 0.15) is 66.0 Å². The van der Waals surface area contributed by atoms with Gasteiger partial charge in [0.1, 0.15) is 18.0 Å². The molecule has 1 aromatic rings. The molecule has 35 heavy (non-hydrogen) atoms. The molecular formula is C26H38Cl2N2O4S. The first kappa shape index (κ1) is 28.3. The summed E-state index contributed by atoms with van der Waals surface area (Å²) in [4.78, 5) is 14.6. The number of fused-ring (bicyclic) bond motifs is 2. The third-order valence-corrected chi connectivity index (χ3v) is 8.78. The van der Waals surface area contributed by atoms with Gasteiger partial charge in [-0.05, 0) is 78.2 Å². The summed E-state index contributed by atoms with van der Waals surface area (Å²) < 4.78 is 27.9. The van der Waals surface area contributed by atoms with Crippen LogP contribution in [0.15, 0.2) is 24.8 Å². The van der Waals surface area contributed by atoms with Crippen LogP contribution in [-0.2, 0) is 15.7 Å². The molecule has 1 saturated heterocycles. The highest BCUT2D eigenvalue weighted by Gasteiger charge is 2.49. The minimum absolute atomic E-state index is 0.142. The van der Waals surface area contributed by atoms with Gasteiger partial charge < -0.3 is 14.4 Å². The molecule has 1 aliphatic carbocycles. The second-order valence-electron chi connectivity index (χ2n) is 11.4. The number of nitrogens with zero attached hydrogens (tertiary/aromatic N) is 1. The van der Waals surface area contributed by atoms with E-state index in [0.29, 0.717) is 35.5 Å². The van der Waals surface area contributed by atoms with E-state index in [1.54, 1.807) is 12.1 Å². The molecule has 0 radical (unpaired) electrons. The molecule has 1 aliphatic heterocycles. The Bertz CT molecular complexity index is 959. The highest BCUT2D eigenvalue weighted by molar-refractivity contribution is 7.84. The first-order valence-electron chi connectivity index (χ1n) is 12.1. The third-order valence-electron chi connectivity index (χ3n) is 6.48. The van der Waals surface area contributed by atoms with E-state index >= 15 is 0 Å². The van der Waals surface area contributed by atoms with E-state index in [1.807, 2.05) is 52.5 Å². The van der Waals surface area contributed by atoms with Crippen molar-refractivity contribution in [3.05, 3.63) is 40.4 Å². The lowest BCUT2D eigenvalue weighted by molar-refractivity contribution is 0.00491. The molecule has 1 N–H and O–H groups in total. The van der Waals surface area contributed by atoms with Crippen molar-refractivity contribution < 1.29 is 18.5 Å². The monoisotopic (exact) mass is 544 g/mol. The van der Waals surface area contributed by atoms with Crippen molar-refractivity contribution in [3.63, 3.8) is 0 Å². The molecule has 196 valence electrons. The van der Waals surface area contributed by atoms with E-state index in [1.165, 1.54) is 0 Å². The Morgan fingerprint density at radius 3 is 2.26 bits per heavy atom. The summed E-state index contributed by atoms with van der Waals surface area (Å²) >= 11 is 12.8. The quantitative estimate of drug-likeness (QED) is 0.395. The lowest BCUT2D eigenvalue weighted by Gasteiger charge is -2.43. The number of rotatable bonds is 7. The molecule has 1 amide bonds. The Hall–Kier alpha value is -1.28. The van der Waals surface area contributed by atoms with Gasteiger partial charge in [0.2, 0.25) is 0 Å². The molecule has 3 rings (SSSR count). The van der Waals surface area contributed by atoms with Gasteiger partial charge in [0.15, 0.2) is 0 Å². The summed E-state index contributed by atoms with van der Waals surface area (Å²) in [6.07, 6.45) is 3.36. The van der Waals surface area contributed by atoms with Gasteiger partial charge in [-0.15, -0.1) is 0 Å². The maximum atomic E-state index is 13.3. The van der Waals surface area contributed by atoms with E-state index in [0.717, 1.165) is 18.4 Å². The first-order valence-corrected chi connectivity index (χ1v) is 14.0. The number of hydrogen-bond acceptors (Lipinski definition) is 4. The Morgan fingerprint density at radius 2 is 1.74 bits per heavy atom. The number of nitrogens with one attached hydrogen (secondary N) is 1. The molecular weight excluding hydrogens is 507 g/mol. The zero-order valence-electron chi connectivity index (χ0n) is 21.5. The topological polar surface area (TPSA) is 67.9 Å². The summed E-state index contributed by atoms with van der Waals surface area (Å²) in [6.45, 7) is 16.7. The van der Waals surface area contributed by atoms with Gasteiger partial charge in [-0.1, -0.05) is 35.9 Å². The SMILES string of the molecule is C=CCOc1cc(Cl)c(Cl)cc1C(NS(=O)C(C)(C)C)C1C2CCC1CN(C(=O)OC(C)(C)C)C2. The van der Waals surface area contributed by atoms with Crippen molar-refractivity contribution >= 4 is 40.3 Å². The normalized spacial score (nSPS) is 24.1. The van der Waals surface area contributed by atoms with Gasteiger partial charge in [-0.3, -0.25) is 0 Å². The van der Waals surface area contributed by atoms with Crippen LogP contribution < -0.4 is 9.46 Å². The zero-order chi connectivity index (χ0) is 26.1. The van der Waals surface area contributed by atoms with Gasteiger partial charge >= 0.3 is 6.09 Å². The number of amides is 1. The average molecular weight is 546 g/mol. The second-order valence-corrected chi connectivity index (χ2v) is 14.3. The van der Waals surface area contributed by atoms with Gasteiger partial charge in [0.05, 0.1) is 31.8 Å². The Morgan fingerprint density at radius 1 is 1.17 bits per heavy atom. The molecule has 4 unspecified atom stereocenters. The van der Waals surface area contributed by atoms with Crippen molar-refractivity contribution in [1.29, 1.82) is 0 Å². The van der Waals surface area contributed by atoms with Gasteiger partial charge in [-0.2, -0.15) is 0 Å². The van der Waals surface area contributed by atoms with Gasteiger partial charge in [-0.25, -0.2) is 13.7 Å². The van der Waals surface area contributed by atoms with Crippen LogP contribution in [0, 0.1) is 17.8 Å². The molecule has 2 fully saturated rings. The Balaban J connectivity index is 1.98. The molecule has 2 bridgehead atoms. The second kappa shape index (κ2) is 11.0. The van der Waals surface area contributed by atoms with Crippen LogP contribution in [0.5, 0.6) is 5.75 Å². The molecule has 6 nitrogen and oxygen atoms in total. The smallest absolute Gasteiger partial charge is 0.410 e. The third kappa shape index (κ3) is 6.94. The van der Waals surface area contributed by atoms with E-state index in [9.17, 15) is 9.00 Å². The summed E-state index contributed by atoms with van der Waals surface area (Å²) in [5.41, 5.74) is 0.282. The molecule has 1 aromatic carbocycles. The van der Waals surface area contributed by atoms with Crippen molar-refractivity contribution in [3.8, 4) is 5.75 Å². The minimum atomic E-state index is -1.34. The molecule has 0 spiro atoms. The van der Waals surface area contributed by atoms with E-state index in [4.69, 9.17) is 32.7 Å². The minimum Gasteiger partial charge on any atom is -0.489 e. The summed E-state index contributed by atoms with van der Waals surface area (Å²) in [6, 6.07) is 3.25. The summed E-state index contributed by atoms with van der Waals surface area (Å²) in [5, 5.41) is 0.812. The van der Waals surface area contributed by atoms with Crippen molar-refractivity contribution in [1.82, 2.24) is 9.62 Å². The van der Waals surface area contributed by atoms with Gasteiger partial charge in [0, 0.05) is 24.7 Å². The lowest BCUT2D eigenvalue weighted by Crippen LogP contribution is -2.50. The molecule has 1 heterocycles. The maximum Gasteiger partial charge on any atom is 0.410 e. The number of piperidine rings is 1. The molecule has 4 atom stereocenters. The molecule has 2 aliphatic rings. The largest absolute Gasteiger partial charge is 0.489 e. The average Bonchev–Trinajstić information content (AvgIpc) is 2.98. The number of benzene rings is 1. The number of carbonyl (C=O) groups is 1.